The number of rotatable bonds is 5. The minimum Gasteiger partial charge on any atom is -0.454 e. The molecule has 1 aromatic heterocycles. The van der Waals surface area contributed by atoms with Gasteiger partial charge in [-0.15, -0.1) is 0 Å². The first-order valence-corrected chi connectivity index (χ1v) is 31.3. The lowest BCUT2D eigenvalue weighted by molar-refractivity contribution is 0.332. The number of hydrogen-bond acceptors (Lipinski definition) is 4. The van der Waals surface area contributed by atoms with Crippen molar-refractivity contribution in [3.8, 4) is 0 Å². The average molecular weight is 1090 g/mol. The van der Waals surface area contributed by atoms with E-state index >= 15 is 0 Å². The lowest BCUT2D eigenvalue weighted by Crippen LogP contribution is -2.62. The highest BCUT2D eigenvalue weighted by molar-refractivity contribution is 7.00. The number of hydrogen-bond donors (Lipinski definition) is 0. The van der Waals surface area contributed by atoms with Crippen molar-refractivity contribution in [1.29, 1.82) is 0 Å². The quantitative estimate of drug-likeness (QED) is 0.160. The molecule has 83 heavy (non-hydrogen) atoms. The highest BCUT2D eigenvalue weighted by atomic mass is 16.3. The maximum Gasteiger partial charge on any atom is 0.252 e. The first-order chi connectivity index (χ1) is 39.1. The van der Waals surface area contributed by atoms with E-state index in [1.165, 1.54) is 118 Å². The fraction of sp³-hybridized carbons (Fsp3) is 0.385. The Labute approximate surface area is 496 Å². The van der Waals surface area contributed by atoms with E-state index in [2.05, 4.69) is 272 Å². The monoisotopic (exact) mass is 1090 g/mol. The van der Waals surface area contributed by atoms with Crippen molar-refractivity contribution >= 4 is 96.2 Å². The van der Waals surface area contributed by atoms with Crippen LogP contribution in [-0.2, 0) is 37.9 Å². The molecule has 8 aromatic carbocycles. The third-order valence-corrected chi connectivity index (χ3v) is 21.6. The molecule has 0 unspecified atom stereocenters. The zero-order chi connectivity index (χ0) is 58.5. The molecular formula is C78H86BN3O. The van der Waals surface area contributed by atoms with Gasteiger partial charge in [0.25, 0.3) is 6.71 Å². The molecule has 0 fully saturated rings. The van der Waals surface area contributed by atoms with Gasteiger partial charge in [0.05, 0.1) is 11.4 Å². The Morgan fingerprint density at radius 1 is 0.434 bits per heavy atom. The van der Waals surface area contributed by atoms with Crippen molar-refractivity contribution in [3.63, 3.8) is 0 Å². The molecule has 0 saturated heterocycles. The molecule has 3 heterocycles. The molecule has 5 heteroatoms. The predicted molar refractivity (Wildman–Crippen MR) is 356 cm³/mol. The molecule has 3 aliphatic carbocycles. The van der Waals surface area contributed by atoms with Gasteiger partial charge in [-0.2, -0.15) is 0 Å². The van der Waals surface area contributed by atoms with Crippen LogP contribution in [0.25, 0.3) is 21.9 Å². The van der Waals surface area contributed by atoms with Crippen LogP contribution in [0.15, 0.2) is 144 Å². The molecule has 0 radical (unpaired) electrons. The minimum atomic E-state index is -0.145. The van der Waals surface area contributed by atoms with Crippen LogP contribution >= 0.6 is 0 Å². The summed E-state index contributed by atoms with van der Waals surface area (Å²) in [5, 5.41) is 2.36. The summed E-state index contributed by atoms with van der Waals surface area (Å²) < 4.78 is 7.41. The standard InChI is InChI=1S/C78H86BN3O/c1-47-24-18-21-27-61(47)81(62-28-22-19-25-48(62)2)50-41-66-70-67(42-50)82(63-33-32-53(72(3,4)5)69-51-26-20-23-29-68(51)83-71(63)69)65-46-58-56(76(12,13)37-39-78(58,16)17)44-60(65)79(70)59-43-55-57(77(14,15)38-36-75(55,10)11)45-64(59)80(66)49-30-31-52-54(40-49)74(8,9)35-34-73(52,6)7/h18-33,40-46H,34-39H2,1-17H3. The zero-order valence-corrected chi connectivity index (χ0v) is 52.8. The molecule has 0 bridgehead atoms. The zero-order valence-electron chi connectivity index (χ0n) is 52.8. The normalized spacial score (nSPS) is 19.1. The summed E-state index contributed by atoms with van der Waals surface area (Å²) in [6.45, 7) is 41.4. The van der Waals surface area contributed by atoms with Crippen molar-refractivity contribution in [2.45, 2.75) is 194 Å². The van der Waals surface area contributed by atoms with Gasteiger partial charge in [0.1, 0.15) is 5.58 Å². The van der Waals surface area contributed by atoms with Crippen molar-refractivity contribution in [2.75, 3.05) is 14.7 Å². The largest absolute Gasteiger partial charge is 0.454 e. The Kier molecular flexibility index (Phi) is 11.6. The van der Waals surface area contributed by atoms with Gasteiger partial charge in [-0.1, -0.05) is 183 Å². The minimum absolute atomic E-state index is 0.00418. The summed E-state index contributed by atoms with van der Waals surface area (Å²) in [6, 6.07) is 55.1. The van der Waals surface area contributed by atoms with Gasteiger partial charge in [0.15, 0.2) is 5.58 Å². The Hall–Kier alpha value is -6.98. The molecule has 14 rings (SSSR count). The van der Waals surface area contributed by atoms with Crippen LogP contribution in [0.3, 0.4) is 0 Å². The van der Waals surface area contributed by atoms with Crippen LogP contribution in [-0.4, -0.2) is 6.71 Å². The van der Waals surface area contributed by atoms with Crippen LogP contribution in [0.1, 0.15) is 192 Å². The molecule has 2 aliphatic heterocycles. The van der Waals surface area contributed by atoms with Crippen molar-refractivity contribution in [3.05, 3.63) is 190 Å². The SMILES string of the molecule is Cc1ccccc1N(c1cc2c3c(c1)N(c1ccc(C(C)(C)C)c4c1oc1ccccc14)c1cc4c(cc1B3c1cc3c(cc1N2c1ccc2c(c1)C(C)(C)CCC2(C)C)C(C)(C)CCC3(C)C)C(C)(C)CCC4(C)C)c1ccccc1C. The number of furan rings is 1. The van der Waals surface area contributed by atoms with Gasteiger partial charge in [-0.3, -0.25) is 0 Å². The van der Waals surface area contributed by atoms with E-state index in [9.17, 15) is 0 Å². The summed E-state index contributed by atoms with van der Waals surface area (Å²) in [5.74, 6) is 0. The third kappa shape index (κ3) is 8.04. The van der Waals surface area contributed by atoms with Gasteiger partial charge >= 0.3 is 0 Å². The fourth-order valence-electron chi connectivity index (χ4n) is 16.1. The molecular weight excluding hydrogens is 1010 g/mol. The first kappa shape index (κ1) is 54.0. The van der Waals surface area contributed by atoms with E-state index in [-0.39, 0.29) is 44.6 Å². The van der Waals surface area contributed by atoms with Crippen LogP contribution < -0.4 is 31.1 Å². The number of aryl methyl sites for hydroxylation is 2. The number of anilines is 9. The first-order valence-electron chi connectivity index (χ1n) is 31.3. The smallest absolute Gasteiger partial charge is 0.252 e. The maximum absolute atomic E-state index is 7.41. The topological polar surface area (TPSA) is 22.9 Å². The Balaban J connectivity index is 1.20. The van der Waals surface area contributed by atoms with E-state index in [0.717, 1.165) is 60.0 Å². The molecule has 0 saturated carbocycles. The van der Waals surface area contributed by atoms with E-state index in [1.54, 1.807) is 0 Å². The third-order valence-electron chi connectivity index (χ3n) is 21.6. The molecule has 0 atom stereocenters. The predicted octanol–water partition coefficient (Wildman–Crippen LogP) is 20.1. The van der Waals surface area contributed by atoms with Gasteiger partial charge in [0, 0.05) is 50.6 Å². The lowest BCUT2D eigenvalue weighted by atomic mass is 9.32. The van der Waals surface area contributed by atoms with Gasteiger partial charge in [-0.05, 0) is 217 Å². The van der Waals surface area contributed by atoms with Crippen molar-refractivity contribution in [1.82, 2.24) is 0 Å². The van der Waals surface area contributed by atoms with E-state index in [0.29, 0.717) is 0 Å². The second kappa shape index (κ2) is 17.8. The molecule has 0 N–H and O–H groups in total. The number of para-hydroxylation sites is 3. The summed E-state index contributed by atoms with van der Waals surface area (Å²) >= 11 is 0. The fourth-order valence-corrected chi connectivity index (χ4v) is 16.1. The van der Waals surface area contributed by atoms with Gasteiger partial charge < -0.3 is 19.1 Å². The molecule has 422 valence electrons. The second-order valence-corrected chi connectivity index (χ2v) is 31.0. The lowest BCUT2D eigenvalue weighted by Gasteiger charge is -2.49. The highest BCUT2D eigenvalue weighted by Gasteiger charge is 2.50. The molecule has 0 spiro atoms. The molecule has 4 nitrogen and oxygen atoms in total. The summed E-state index contributed by atoms with van der Waals surface area (Å²) in [7, 11) is 0. The molecule has 0 amide bonds. The number of nitrogens with zero attached hydrogens (tertiary/aromatic N) is 3. The number of fused-ring (bicyclic) bond motifs is 10. The van der Waals surface area contributed by atoms with Crippen LogP contribution in [0.2, 0.25) is 0 Å². The average Bonchev–Trinajstić information content (AvgIpc) is 0.963. The molecule has 9 aromatic rings. The van der Waals surface area contributed by atoms with E-state index in [1.807, 2.05) is 0 Å². The summed E-state index contributed by atoms with van der Waals surface area (Å²) in [4.78, 5) is 7.99. The van der Waals surface area contributed by atoms with E-state index in [4.69, 9.17) is 4.42 Å². The Morgan fingerprint density at radius 3 is 1.40 bits per heavy atom. The van der Waals surface area contributed by atoms with Crippen molar-refractivity contribution < 1.29 is 4.42 Å². The Morgan fingerprint density at radius 2 is 0.880 bits per heavy atom. The second-order valence-electron chi connectivity index (χ2n) is 31.0. The van der Waals surface area contributed by atoms with Gasteiger partial charge in [0.2, 0.25) is 0 Å². The van der Waals surface area contributed by atoms with Crippen LogP contribution in [0.4, 0.5) is 51.2 Å². The summed E-state index contributed by atoms with van der Waals surface area (Å²) in [5.41, 5.74) is 29.1. The molecule has 5 aliphatic rings. The van der Waals surface area contributed by atoms with Crippen LogP contribution in [0, 0.1) is 13.8 Å². The van der Waals surface area contributed by atoms with Gasteiger partial charge in [-0.25, -0.2) is 0 Å². The van der Waals surface area contributed by atoms with Crippen LogP contribution in [0.5, 0.6) is 0 Å². The number of benzene rings is 8. The maximum atomic E-state index is 7.41. The van der Waals surface area contributed by atoms with E-state index < -0.39 is 0 Å². The highest BCUT2D eigenvalue weighted by Crippen LogP contribution is 2.57. The van der Waals surface area contributed by atoms with Crippen molar-refractivity contribution in [2.24, 2.45) is 0 Å². The Bertz CT molecular complexity index is 4160. The summed E-state index contributed by atoms with van der Waals surface area (Å²) in [6.07, 6.45) is 6.87.